The molecule has 9 heteroatoms. The van der Waals surface area contributed by atoms with Crippen molar-refractivity contribution >= 4 is 56.3 Å². The molecule has 0 fully saturated rings. The van der Waals surface area contributed by atoms with Gasteiger partial charge in [-0.2, -0.15) is 0 Å². The number of aromatic nitrogens is 2. The number of rotatable bonds is 4. The Labute approximate surface area is 204 Å². The molecular formula is C24H21Cl2N3O3S. The highest BCUT2D eigenvalue weighted by Gasteiger charge is 2.21. The summed E-state index contributed by atoms with van der Waals surface area (Å²) in [6.07, 6.45) is 0. The second kappa shape index (κ2) is 8.82. The van der Waals surface area contributed by atoms with E-state index in [1.807, 2.05) is 45.9 Å². The number of nitrogens with zero attached hydrogens (tertiary/aromatic N) is 2. The van der Waals surface area contributed by atoms with Crippen LogP contribution in [0.15, 0.2) is 46.0 Å². The summed E-state index contributed by atoms with van der Waals surface area (Å²) in [7, 11) is 0. The molecule has 2 heterocycles. The van der Waals surface area contributed by atoms with Crippen molar-refractivity contribution in [3.63, 3.8) is 0 Å². The molecule has 0 radical (unpaired) electrons. The molecule has 0 saturated heterocycles. The highest BCUT2D eigenvalue weighted by atomic mass is 35.5. The van der Waals surface area contributed by atoms with Crippen LogP contribution in [0.2, 0.25) is 10.0 Å². The Kier molecular flexibility index (Phi) is 6.22. The number of benzene rings is 2. The SMILES string of the molecule is Cc1ccc(NC(=O)Cn2c(=O)n(-c3ccc(Cl)c(Cl)c3)c(=O)c3c(C)c(C)sc32)c(C)c1. The van der Waals surface area contributed by atoms with E-state index in [0.29, 0.717) is 20.9 Å². The number of anilines is 1. The Morgan fingerprint density at radius 1 is 1.00 bits per heavy atom. The topological polar surface area (TPSA) is 73.1 Å². The predicted molar refractivity (Wildman–Crippen MR) is 136 cm³/mol. The number of thiophene rings is 1. The Bertz CT molecular complexity index is 1550. The van der Waals surface area contributed by atoms with E-state index in [0.717, 1.165) is 26.1 Å². The van der Waals surface area contributed by atoms with Gasteiger partial charge in [0.05, 0.1) is 21.1 Å². The summed E-state index contributed by atoms with van der Waals surface area (Å²) in [5, 5.41) is 3.81. The van der Waals surface area contributed by atoms with E-state index in [1.54, 1.807) is 6.07 Å². The van der Waals surface area contributed by atoms with E-state index in [9.17, 15) is 14.4 Å². The van der Waals surface area contributed by atoms with Crippen molar-refractivity contribution in [2.75, 3.05) is 5.32 Å². The van der Waals surface area contributed by atoms with E-state index in [-0.39, 0.29) is 23.2 Å². The van der Waals surface area contributed by atoms with Gasteiger partial charge in [0.2, 0.25) is 5.91 Å². The molecule has 1 N–H and O–H groups in total. The fourth-order valence-electron chi connectivity index (χ4n) is 3.74. The van der Waals surface area contributed by atoms with E-state index < -0.39 is 11.2 Å². The molecule has 4 rings (SSSR count). The number of carbonyl (C=O) groups excluding carboxylic acids is 1. The van der Waals surface area contributed by atoms with Gasteiger partial charge in [0.25, 0.3) is 5.56 Å². The number of halogens is 2. The van der Waals surface area contributed by atoms with Crippen LogP contribution < -0.4 is 16.6 Å². The van der Waals surface area contributed by atoms with Gasteiger partial charge in [-0.3, -0.25) is 14.2 Å². The van der Waals surface area contributed by atoms with E-state index >= 15 is 0 Å². The van der Waals surface area contributed by atoms with Crippen LogP contribution in [0.4, 0.5) is 5.69 Å². The summed E-state index contributed by atoms with van der Waals surface area (Å²) in [4.78, 5) is 41.2. The number of hydrogen-bond donors (Lipinski definition) is 1. The third kappa shape index (κ3) is 4.24. The largest absolute Gasteiger partial charge is 0.337 e. The van der Waals surface area contributed by atoms with Gasteiger partial charge < -0.3 is 5.32 Å². The molecule has 0 atom stereocenters. The molecule has 6 nitrogen and oxygen atoms in total. The minimum Gasteiger partial charge on any atom is -0.324 e. The summed E-state index contributed by atoms with van der Waals surface area (Å²) < 4.78 is 2.37. The number of hydrogen-bond acceptors (Lipinski definition) is 4. The second-order valence-corrected chi connectivity index (χ2v) is 9.96. The predicted octanol–water partition coefficient (Wildman–Crippen LogP) is 5.39. The van der Waals surface area contributed by atoms with Crippen molar-refractivity contribution in [2.45, 2.75) is 34.2 Å². The minimum atomic E-state index is -0.622. The average molecular weight is 502 g/mol. The molecule has 4 aromatic rings. The van der Waals surface area contributed by atoms with Gasteiger partial charge in [-0.05, 0) is 63.1 Å². The van der Waals surface area contributed by atoms with Gasteiger partial charge in [0, 0.05) is 10.6 Å². The summed E-state index contributed by atoms with van der Waals surface area (Å²) in [5.41, 5.74) is 2.66. The first-order chi connectivity index (χ1) is 15.6. The molecule has 0 aliphatic heterocycles. The molecule has 0 spiro atoms. The second-order valence-electron chi connectivity index (χ2n) is 7.94. The van der Waals surface area contributed by atoms with Crippen molar-refractivity contribution in [2.24, 2.45) is 0 Å². The minimum absolute atomic E-state index is 0.220. The molecule has 1 amide bonds. The van der Waals surface area contributed by atoms with Crippen molar-refractivity contribution in [3.05, 3.63) is 88.8 Å². The van der Waals surface area contributed by atoms with Gasteiger partial charge in [-0.1, -0.05) is 40.9 Å². The molecular weight excluding hydrogens is 481 g/mol. The molecule has 2 aromatic heterocycles. The Hall–Kier alpha value is -2.87. The number of carbonyl (C=O) groups is 1. The monoisotopic (exact) mass is 501 g/mol. The molecule has 170 valence electrons. The zero-order valence-electron chi connectivity index (χ0n) is 18.5. The molecule has 0 aliphatic carbocycles. The molecule has 33 heavy (non-hydrogen) atoms. The number of fused-ring (bicyclic) bond motifs is 1. The molecule has 0 unspecified atom stereocenters. The van der Waals surface area contributed by atoms with Crippen LogP contribution in [0, 0.1) is 27.7 Å². The van der Waals surface area contributed by atoms with Crippen LogP contribution in [0.1, 0.15) is 21.6 Å². The van der Waals surface area contributed by atoms with Crippen molar-refractivity contribution in [1.29, 1.82) is 0 Å². The molecule has 0 bridgehead atoms. The van der Waals surface area contributed by atoms with Crippen LogP contribution in [-0.2, 0) is 11.3 Å². The summed E-state index contributed by atoms with van der Waals surface area (Å²) in [6, 6.07) is 10.2. The average Bonchev–Trinajstić information content (AvgIpc) is 3.05. The third-order valence-corrected chi connectivity index (χ3v) is 7.54. The lowest BCUT2D eigenvalue weighted by Gasteiger charge is -2.14. The van der Waals surface area contributed by atoms with E-state index in [4.69, 9.17) is 23.2 Å². The highest BCUT2D eigenvalue weighted by molar-refractivity contribution is 7.18. The maximum atomic E-state index is 13.5. The molecule has 0 aliphatic rings. The standard InChI is InChI=1S/C24H21Cl2N3O3S/c1-12-5-8-19(13(2)9-12)27-20(30)11-28-23-21(14(3)15(4)33-23)22(31)29(24(28)32)16-6-7-17(25)18(26)10-16/h5-10H,11H2,1-4H3,(H,27,30). The van der Waals surface area contributed by atoms with Gasteiger partial charge in [0.15, 0.2) is 0 Å². The lowest BCUT2D eigenvalue weighted by molar-refractivity contribution is -0.116. The Morgan fingerprint density at radius 3 is 2.39 bits per heavy atom. The zero-order chi connectivity index (χ0) is 24.0. The zero-order valence-corrected chi connectivity index (χ0v) is 20.8. The first kappa shape index (κ1) is 23.3. The van der Waals surface area contributed by atoms with Gasteiger partial charge >= 0.3 is 5.69 Å². The van der Waals surface area contributed by atoms with Crippen LogP contribution in [0.25, 0.3) is 15.9 Å². The van der Waals surface area contributed by atoms with Crippen molar-refractivity contribution in [1.82, 2.24) is 9.13 Å². The highest BCUT2D eigenvalue weighted by Crippen LogP contribution is 2.28. The van der Waals surface area contributed by atoms with Crippen LogP contribution in [0.5, 0.6) is 0 Å². The van der Waals surface area contributed by atoms with Crippen molar-refractivity contribution in [3.8, 4) is 5.69 Å². The lowest BCUT2D eigenvalue weighted by atomic mass is 10.1. The van der Waals surface area contributed by atoms with Crippen LogP contribution in [0.3, 0.4) is 0 Å². The Morgan fingerprint density at radius 2 is 1.73 bits per heavy atom. The first-order valence-corrected chi connectivity index (χ1v) is 11.7. The quantitative estimate of drug-likeness (QED) is 0.407. The number of aryl methyl sites for hydroxylation is 4. The van der Waals surface area contributed by atoms with Crippen LogP contribution >= 0.6 is 34.5 Å². The first-order valence-electron chi connectivity index (χ1n) is 10.2. The van der Waals surface area contributed by atoms with Crippen LogP contribution in [-0.4, -0.2) is 15.0 Å². The summed E-state index contributed by atoms with van der Waals surface area (Å²) in [6.45, 7) is 7.35. The number of amides is 1. The van der Waals surface area contributed by atoms with Gasteiger partial charge in [-0.25, -0.2) is 9.36 Å². The summed E-state index contributed by atoms with van der Waals surface area (Å²) in [5.74, 6) is -0.367. The van der Waals surface area contributed by atoms with Crippen molar-refractivity contribution < 1.29 is 4.79 Å². The van der Waals surface area contributed by atoms with E-state index in [1.165, 1.54) is 28.0 Å². The Balaban J connectivity index is 1.87. The normalized spacial score (nSPS) is 11.2. The third-order valence-electron chi connectivity index (χ3n) is 5.57. The fraction of sp³-hybridized carbons (Fsp3) is 0.208. The molecule has 0 saturated carbocycles. The summed E-state index contributed by atoms with van der Waals surface area (Å²) >= 11 is 13.5. The van der Waals surface area contributed by atoms with Gasteiger partial charge in [-0.15, -0.1) is 11.3 Å². The fourth-order valence-corrected chi connectivity index (χ4v) is 5.17. The number of nitrogens with one attached hydrogen (secondary N) is 1. The smallest absolute Gasteiger partial charge is 0.324 e. The molecule has 2 aromatic carbocycles. The maximum Gasteiger partial charge on any atom is 0.337 e. The van der Waals surface area contributed by atoms with Gasteiger partial charge in [0.1, 0.15) is 11.4 Å². The lowest BCUT2D eigenvalue weighted by Crippen LogP contribution is -2.40. The van der Waals surface area contributed by atoms with E-state index in [2.05, 4.69) is 5.32 Å². The maximum absolute atomic E-state index is 13.5.